The van der Waals surface area contributed by atoms with E-state index in [2.05, 4.69) is 38.2 Å². The maximum atomic E-state index is 12.1. The van der Waals surface area contributed by atoms with Crippen LogP contribution >= 0.6 is 11.6 Å². The zero-order valence-corrected chi connectivity index (χ0v) is 18.2. The molecule has 0 aliphatic carbocycles. The van der Waals surface area contributed by atoms with Crippen LogP contribution in [0.4, 0.5) is 0 Å². The molecular formula is C22H33ClN2O3. The molecule has 1 fully saturated rings. The van der Waals surface area contributed by atoms with E-state index in [0.29, 0.717) is 32.5 Å². The summed E-state index contributed by atoms with van der Waals surface area (Å²) in [6.45, 7) is 10.1. The highest BCUT2D eigenvalue weighted by molar-refractivity contribution is 6.30. The first kappa shape index (κ1) is 22.5. The van der Waals surface area contributed by atoms with Gasteiger partial charge in [0.1, 0.15) is 11.1 Å². The number of alkyl halides is 1. The molecule has 1 aromatic rings. The van der Waals surface area contributed by atoms with Gasteiger partial charge in [-0.25, -0.2) is 0 Å². The average molecular weight is 409 g/mol. The number of nitrogens with one attached hydrogen (secondary N) is 1. The van der Waals surface area contributed by atoms with E-state index in [4.69, 9.17) is 16.3 Å². The van der Waals surface area contributed by atoms with Crippen molar-refractivity contribution in [1.29, 1.82) is 0 Å². The maximum absolute atomic E-state index is 12.1. The van der Waals surface area contributed by atoms with Gasteiger partial charge in [-0.3, -0.25) is 9.59 Å². The third-order valence-corrected chi connectivity index (χ3v) is 5.24. The number of halogens is 1. The lowest BCUT2D eigenvalue weighted by Gasteiger charge is -2.33. The number of rotatable bonds is 7. The Morgan fingerprint density at radius 2 is 1.82 bits per heavy atom. The van der Waals surface area contributed by atoms with Crippen molar-refractivity contribution in [2.45, 2.75) is 70.2 Å². The van der Waals surface area contributed by atoms with Crippen molar-refractivity contribution < 1.29 is 14.3 Å². The fourth-order valence-corrected chi connectivity index (χ4v) is 3.41. The number of ether oxygens (including phenoxy) is 1. The second-order valence-electron chi connectivity index (χ2n) is 8.51. The van der Waals surface area contributed by atoms with E-state index in [0.717, 1.165) is 18.6 Å². The SMILES string of the molecule is CC(Cl)C(=O)N1CCC(NC(=O)CCCOc2ccc(C(C)(C)C)cc2)CC1. The molecule has 1 aromatic carbocycles. The molecule has 0 bridgehead atoms. The molecule has 5 nitrogen and oxygen atoms in total. The average Bonchev–Trinajstić information content (AvgIpc) is 2.65. The van der Waals surface area contributed by atoms with Gasteiger partial charge in [-0.05, 0) is 49.3 Å². The van der Waals surface area contributed by atoms with Gasteiger partial charge < -0.3 is 15.0 Å². The Labute approximate surface area is 173 Å². The Kier molecular flexibility index (Phi) is 8.17. The van der Waals surface area contributed by atoms with Crippen LogP contribution in [0.3, 0.4) is 0 Å². The molecule has 1 unspecified atom stereocenters. The van der Waals surface area contributed by atoms with E-state index in [1.54, 1.807) is 11.8 Å². The van der Waals surface area contributed by atoms with Gasteiger partial charge in [-0.15, -0.1) is 11.6 Å². The highest BCUT2D eigenvalue weighted by Crippen LogP contribution is 2.24. The lowest BCUT2D eigenvalue weighted by Crippen LogP contribution is -2.48. The number of amides is 2. The molecule has 1 heterocycles. The van der Waals surface area contributed by atoms with E-state index in [-0.39, 0.29) is 23.3 Å². The fourth-order valence-electron chi connectivity index (χ4n) is 3.27. The zero-order valence-electron chi connectivity index (χ0n) is 17.5. The minimum Gasteiger partial charge on any atom is -0.494 e. The topological polar surface area (TPSA) is 58.6 Å². The first-order chi connectivity index (χ1) is 13.2. The van der Waals surface area contributed by atoms with Crippen LogP contribution in [0.25, 0.3) is 0 Å². The lowest BCUT2D eigenvalue weighted by atomic mass is 9.87. The molecule has 1 aliphatic heterocycles. The third-order valence-electron chi connectivity index (χ3n) is 5.05. The molecule has 1 atom stereocenters. The molecule has 1 saturated heterocycles. The molecule has 28 heavy (non-hydrogen) atoms. The Hall–Kier alpha value is -1.75. The van der Waals surface area contributed by atoms with Crippen LogP contribution in [-0.4, -0.2) is 47.8 Å². The van der Waals surface area contributed by atoms with Gasteiger partial charge in [-0.2, -0.15) is 0 Å². The Balaban J connectivity index is 1.62. The predicted octanol–water partition coefficient (Wildman–Crippen LogP) is 3.88. The van der Waals surface area contributed by atoms with E-state index < -0.39 is 5.38 Å². The number of carbonyl (C=O) groups is 2. The van der Waals surface area contributed by atoms with Crippen LogP contribution in [0.15, 0.2) is 24.3 Å². The predicted molar refractivity (Wildman–Crippen MR) is 113 cm³/mol. The zero-order chi connectivity index (χ0) is 20.7. The van der Waals surface area contributed by atoms with E-state index in [1.807, 2.05) is 12.1 Å². The number of hydrogen-bond donors (Lipinski definition) is 1. The van der Waals surface area contributed by atoms with Gasteiger partial charge in [0.15, 0.2) is 0 Å². The van der Waals surface area contributed by atoms with Crippen molar-refractivity contribution in [3.8, 4) is 5.75 Å². The molecule has 0 radical (unpaired) electrons. The van der Waals surface area contributed by atoms with Crippen LogP contribution in [-0.2, 0) is 15.0 Å². The Morgan fingerprint density at radius 1 is 1.21 bits per heavy atom. The van der Waals surface area contributed by atoms with Crippen LogP contribution in [0.1, 0.15) is 58.9 Å². The van der Waals surface area contributed by atoms with Crippen molar-refractivity contribution in [2.24, 2.45) is 0 Å². The number of hydrogen-bond acceptors (Lipinski definition) is 3. The van der Waals surface area contributed by atoms with Gasteiger partial charge in [0.2, 0.25) is 11.8 Å². The summed E-state index contributed by atoms with van der Waals surface area (Å²) in [4.78, 5) is 25.8. The summed E-state index contributed by atoms with van der Waals surface area (Å²) >= 11 is 5.85. The minimum absolute atomic E-state index is 0.0286. The van der Waals surface area contributed by atoms with Crippen LogP contribution in [0.5, 0.6) is 5.75 Å². The Bertz CT molecular complexity index is 645. The lowest BCUT2D eigenvalue weighted by molar-refractivity contribution is -0.131. The van der Waals surface area contributed by atoms with Crippen LogP contribution in [0.2, 0.25) is 0 Å². The molecule has 2 rings (SSSR count). The molecule has 6 heteroatoms. The molecule has 0 saturated carbocycles. The summed E-state index contributed by atoms with van der Waals surface area (Å²) in [6, 6.07) is 8.27. The van der Waals surface area contributed by atoms with Crippen LogP contribution in [0, 0.1) is 0 Å². The summed E-state index contributed by atoms with van der Waals surface area (Å²) in [7, 11) is 0. The molecule has 1 N–H and O–H groups in total. The smallest absolute Gasteiger partial charge is 0.240 e. The molecule has 156 valence electrons. The summed E-state index contributed by atoms with van der Waals surface area (Å²) < 4.78 is 5.74. The van der Waals surface area contributed by atoms with Gasteiger partial charge in [0.25, 0.3) is 0 Å². The highest BCUT2D eigenvalue weighted by atomic mass is 35.5. The van der Waals surface area contributed by atoms with E-state index in [9.17, 15) is 9.59 Å². The number of carbonyl (C=O) groups excluding carboxylic acids is 2. The summed E-state index contributed by atoms with van der Waals surface area (Å²) in [5.74, 6) is 0.847. The summed E-state index contributed by atoms with van der Waals surface area (Å²) in [5.41, 5.74) is 1.40. The van der Waals surface area contributed by atoms with Gasteiger partial charge in [-0.1, -0.05) is 32.9 Å². The fraction of sp³-hybridized carbons (Fsp3) is 0.636. The second-order valence-corrected chi connectivity index (χ2v) is 9.16. The standard InChI is InChI=1S/C22H33ClN2O3/c1-16(23)21(27)25-13-11-18(12-14-25)24-20(26)6-5-15-28-19-9-7-17(8-10-19)22(2,3)4/h7-10,16,18H,5-6,11-15H2,1-4H3,(H,24,26). The van der Waals surface area contributed by atoms with Crippen molar-refractivity contribution in [1.82, 2.24) is 10.2 Å². The van der Waals surface area contributed by atoms with Crippen molar-refractivity contribution in [2.75, 3.05) is 19.7 Å². The van der Waals surface area contributed by atoms with Crippen molar-refractivity contribution >= 4 is 23.4 Å². The van der Waals surface area contributed by atoms with Crippen molar-refractivity contribution in [3.63, 3.8) is 0 Å². The summed E-state index contributed by atoms with van der Waals surface area (Å²) in [5, 5.41) is 2.57. The van der Waals surface area contributed by atoms with Gasteiger partial charge in [0, 0.05) is 25.6 Å². The number of benzene rings is 1. The minimum atomic E-state index is -0.490. The normalized spacial score (nSPS) is 16.5. The summed E-state index contributed by atoms with van der Waals surface area (Å²) in [6.07, 6.45) is 2.67. The monoisotopic (exact) mass is 408 g/mol. The Morgan fingerprint density at radius 3 is 2.36 bits per heavy atom. The molecule has 1 aliphatic rings. The van der Waals surface area contributed by atoms with Crippen LogP contribution < -0.4 is 10.1 Å². The molecule has 0 aromatic heterocycles. The molecule has 2 amide bonds. The first-order valence-electron chi connectivity index (χ1n) is 10.1. The maximum Gasteiger partial charge on any atom is 0.240 e. The highest BCUT2D eigenvalue weighted by Gasteiger charge is 2.25. The largest absolute Gasteiger partial charge is 0.494 e. The van der Waals surface area contributed by atoms with Gasteiger partial charge >= 0.3 is 0 Å². The quantitative estimate of drug-likeness (QED) is 0.550. The van der Waals surface area contributed by atoms with E-state index in [1.165, 1.54) is 5.56 Å². The number of piperidine rings is 1. The first-order valence-corrected chi connectivity index (χ1v) is 10.6. The number of likely N-dealkylation sites (tertiary alicyclic amines) is 1. The molecular weight excluding hydrogens is 376 g/mol. The van der Waals surface area contributed by atoms with Gasteiger partial charge in [0.05, 0.1) is 6.61 Å². The molecule has 0 spiro atoms. The third kappa shape index (κ3) is 7.01. The number of nitrogens with zero attached hydrogens (tertiary/aromatic N) is 1. The van der Waals surface area contributed by atoms with Crippen molar-refractivity contribution in [3.05, 3.63) is 29.8 Å². The van der Waals surface area contributed by atoms with E-state index >= 15 is 0 Å². The second kappa shape index (κ2) is 10.1.